The molecule has 0 bridgehead atoms. The second kappa shape index (κ2) is 8.34. The first kappa shape index (κ1) is 24.1. The summed E-state index contributed by atoms with van der Waals surface area (Å²) in [6.07, 6.45) is 8.32. The summed E-state index contributed by atoms with van der Waals surface area (Å²) in [6, 6.07) is 10.9. The molecule has 4 rings (SSSR count). The number of hydrogen-bond acceptors (Lipinski definition) is 0. The number of hydrogen-bond donors (Lipinski definition) is 0. The molecule has 0 heterocycles. The van der Waals surface area contributed by atoms with Crippen LogP contribution in [0.15, 0.2) is 35.4 Å². The van der Waals surface area contributed by atoms with Crippen molar-refractivity contribution >= 4 is 18.4 Å². The van der Waals surface area contributed by atoms with E-state index in [-0.39, 0.29) is 0 Å². The van der Waals surface area contributed by atoms with Crippen LogP contribution in [0.3, 0.4) is 0 Å². The Hall–Kier alpha value is -0.993. The summed E-state index contributed by atoms with van der Waals surface area (Å²) in [5.41, 5.74) is 15.8. The third-order valence-corrected chi connectivity index (χ3v) is 51.7. The van der Waals surface area contributed by atoms with Crippen molar-refractivity contribution in [1.29, 1.82) is 0 Å². The quantitative estimate of drug-likeness (QED) is 0.235. The van der Waals surface area contributed by atoms with Gasteiger partial charge in [0.15, 0.2) is 0 Å². The van der Waals surface area contributed by atoms with Gasteiger partial charge in [0.1, 0.15) is 0 Å². The van der Waals surface area contributed by atoms with Crippen LogP contribution in [-0.4, -0.2) is 6.22 Å². The summed E-state index contributed by atoms with van der Waals surface area (Å²) in [7, 11) is 0. The fourth-order valence-electron chi connectivity index (χ4n) is 7.45. The molecule has 2 unspecified atom stereocenters. The Morgan fingerprint density at radius 1 is 0.688 bits per heavy atom. The maximum absolute atomic E-state index is 3.57. The van der Waals surface area contributed by atoms with Crippen molar-refractivity contribution in [3.05, 3.63) is 79.9 Å². The van der Waals surface area contributed by atoms with Crippen molar-refractivity contribution in [2.45, 2.75) is 84.1 Å². The maximum atomic E-state index is 2.89. The average Bonchev–Trinajstić information content (AvgIpc) is 3.28. The van der Waals surface area contributed by atoms with Crippen LogP contribution in [0.2, 0.25) is 15.4 Å². The number of fused-ring (bicyclic) bond motifs is 2. The first-order valence-corrected chi connectivity index (χ1v) is 31.6. The van der Waals surface area contributed by atoms with Gasteiger partial charge in [-0.3, -0.25) is 0 Å². The normalized spacial score (nSPS) is 20.1. The molecule has 0 fully saturated rings. The molecule has 2 aliphatic carbocycles. The summed E-state index contributed by atoms with van der Waals surface area (Å²) in [6.45, 7) is 16.7. The Bertz CT molecular complexity index is 1150. The summed E-state index contributed by atoms with van der Waals surface area (Å²) < 4.78 is 7.15. The van der Waals surface area contributed by atoms with Crippen LogP contribution >= 0.6 is 0 Å². The van der Waals surface area contributed by atoms with Crippen LogP contribution < -0.4 is 0 Å². The first-order valence-electron chi connectivity index (χ1n) is 12.6. The number of benzene rings is 2. The van der Waals surface area contributed by atoms with E-state index in [2.05, 4.69) is 94.2 Å². The van der Waals surface area contributed by atoms with Crippen molar-refractivity contribution in [2.75, 3.05) is 0 Å². The molecule has 0 saturated carbocycles. The van der Waals surface area contributed by atoms with Gasteiger partial charge in [0.2, 0.25) is 0 Å². The van der Waals surface area contributed by atoms with Crippen LogP contribution in [0, 0.1) is 27.7 Å². The van der Waals surface area contributed by atoms with E-state index in [1.165, 1.54) is 41.1 Å². The van der Waals surface area contributed by atoms with Gasteiger partial charge in [-0.25, -0.2) is 0 Å². The molecule has 2 aromatic rings. The fraction of sp³-hybridized carbons (Fsp3) is 0.467. The van der Waals surface area contributed by atoms with Gasteiger partial charge >= 0.3 is 199 Å². The standard InChI is InChI=1S/2C12H13.C4H10Si.2CH3.Hf/c2*1-8-6-11-9(2)4-5-10(3)12(11)7-8;1-2-3-4-5;;;/h2*4-7H,1-3H3;5H,2-4H2,1H3;2*1H3;. The van der Waals surface area contributed by atoms with Crippen LogP contribution in [0.25, 0.3) is 12.2 Å². The van der Waals surface area contributed by atoms with Gasteiger partial charge in [-0.15, -0.1) is 0 Å². The van der Waals surface area contributed by atoms with Crippen molar-refractivity contribution in [3.63, 3.8) is 0 Å². The minimum atomic E-state index is -3.57. The predicted molar refractivity (Wildman–Crippen MR) is 143 cm³/mol. The van der Waals surface area contributed by atoms with E-state index in [1.54, 1.807) is 33.4 Å². The molecule has 2 aliphatic rings. The van der Waals surface area contributed by atoms with Crippen molar-refractivity contribution in [3.8, 4) is 0 Å². The number of allylic oxidation sites excluding steroid dienone is 2. The SMILES string of the molecule is CCCC[SiH]=[Hf]([CH3])([CH3])([CH]1C(C)=Cc2c(C)ccc(C)c21)[CH]1C(C)=Cc2c(C)ccc(C)c21. The molecule has 0 N–H and O–H groups in total. The zero-order valence-corrected chi connectivity index (χ0v) is 26.6. The van der Waals surface area contributed by atoms with E-state index in [9.17, 15) is 0 Å². The van der Waals surface area contributed by atoms with Crippen LogP contribution in [0.4, 0.5) is 0 Å². The Labute approximate surface area is 198 Å². The third-order valence-electron chi connectivity index (χ3n) is 8.85. The zero-order chi connectivity index (χ0) is 23.4. The van der Waals surface area contributed by atoms with Gasteiger partial charge in [0, 0.05) is 0 Å². The first-order chi connectivity index (χ1) is 15.0. The molecule has 0 spiro atoms. The van der Waals surface area contributed by atoms with Gasteiger partial charge in [-0.1, -0.05) is 0 Å². The molecule has 0 aromatic heterocycles. The fourth-order valence-corrected chi connectivity index (χ4v) is 55.0. The molecule has 2 aromatic carbocycles. The van der Waals surface area contributed by atoms with Gasteiger partial charge in [0.05, 0.1) is 0 Å². The number of unbranched alkanes of at least 4 members (excludes halogenated alkanes) is 1. The Balaban J connectivity index is 2.07. The van der Waals surface area contributed by atoms with Gasteiger partial charge in [-0.05, 0) is 0 Å². The van der Waals surface area contributed by atoms with Gasteiger partial charge in [-0.2, -0.15) is 0 Å². The molecule has 0 radical (unpaired) electrons. The van der Waals surface area contributed by atoms with Crippen molar-refractivity contribution in [2.24, 2.45) is 0 Å². The van der Waals surface area contributed by atoms with E-state index in [0.29, 0.717) is 13.6 Å². The molecule has 0 amide bonds. The van der Waals surface area contributed by atoms with Gasteiger partial charge in [0.25, 0.3) is 0 Å². The Kier molecular flexibility index (Phi) is 6.30. The molecular weight excluding hydrogens is 567 g/mol. The van der Waals surface area contributed by atoms with Crippen molar-refractivity contribution in [1.82, 2.24) is 0 Å². The topological polar surface area (TPSA) is 0 Å². The van der Waals surface area contributed by atoms with Crippen LogP contribution in [-0.2, 0) is 17.1 Å². The second-order valence-corrected chi connectivity index (χ2v) is 55.8. The van der Waals surface area contributed by atoms with Crippen LogP contribution in [0.1, 0.15) is 85.5 Å². The summed E-state index contributed by atoms with van der Waals surface area (Å²) >= 11 is -3.57. The second-order valence-electron chi connectivity index (χ2n) is 11.8. The van der Waals surface area contributed by atoms with Crippen molar-refractivity contribution < 1.29 is 17.1 Å². The van der Waals surface area contributed by atoms with E-state index in [0.717, 1.165) is 0 Å². The van der Waals surface area contributed by atoms with E-state index in [1.807, 2.05) is 0 Å². The molecule has 32 heavy (non-hydrogen) atoms. The van der Waals surface area contributed by atoms with E-state index in [4.69, 9.17) is 0 Å². The molecule has 170 valence electrons. The zero-order valence-electron chi connectivity index (χ0n) is 21.8. The Morgan fingerprint density at radius 3 is 1.50 bits per heavy atom. The average molecular weight is 609 g/mol. The number of aryl methyl sites for hydroxylation is 4. The Morgan fingerprint density at radius 2 is 1.09 bits per heavy atom. The molecular formula is C30H42HfSi. The van der Waals surface area contributed by atoms with Crippen LogP contribution in [0.5, 0.6) is 0 Å². The summed E-state index contributed by atoms with van der Waals surface area (Å²) in [5, 5.41) is 0. The summed E-state index contributed by atoms with van der Waals surface area (Å²) in [5.74, 6) is 0. The molecule has 0 nitrogen and oxygen atoms in total. The summed E-state index contributed by atoms with van der Waals surface area (Å²) in [4.78, 5) is 0. The van der Waals surface area contributed by atoms with E-state index < -0.39 is 17.1 Å². The monoisotopic (exact) mass is 610 g/mol. The third kappa shape index (κ3) is 3.55. The molecule has 0 aliphatic heterocycles. The van der Waals surface area contributed by atoms with Gasteiger partial charge < -0.3 is 0 Å². The predicted octanol–water partition coefficient (Wildman–Crippen LogP) is 8.89. The van der Waals surface area contributed by atoms with E-state index >= 15 is 0 Å². The molecule has 2 heteroatoms. The molecule has 2 atom stereocenters. The molecule has 0 saturated heterocycles. The minimum absolute atomic E-state index is 0.463. The number of rotatable bonds is 5.